The maximum Gasteiger partial charge on any atom is 0.337 e. The molecule has 0 aromatic heterocycles. The van der Waals surface area contributed by atoms with Crippen molar-refractivity contribution >= 4 is 33.9 Å². The van der Waals surface area contributed by atoms with Gasteiger partial charge in [-0.25, -0.2) is 4.79 Å². The molecule has 0 bridgehead atoms. The Labute approximate surface area is 179 Å². The van der Waals surface area contributed by atoms with Crippen molar-refractivity contribution in [1.29, 1.82) is 0 Å². The lowest BCUT2D eigenvalue weighted by molar-refractivity contribution is -0.160. The monoisotopic (exact) mass is 414 g/mol. The van der Waals surface area contributed by atoms with Crippen LogP contribution >= 0.6 is 11.6 Å². The zero-order chi connectivity index (χ0) is 21.9. The average Bonchev–Trinajstić information content (AvgIpc) is 2.62. The lowest BCUT2D eigenvalue weighted by Gasteiger charge is -2.28. The molecule has 1 atom stereocenters. The lowest BCUT2D eigenvalue weighted by Crippen LogP contribution is -2.28. The molecule has 0 fully saturated rings. The number of hydrogen-bond donors (Lipinski definition) is 1. The van der Waals surface area contributed by atoms with Gasteiger partial charge in [-0.15, -0.1) is 0 Å². The van der Waals surface area contributed by atoms with E-state index in [2.05, 4.69) is 25.1 Å². The number of fused-ring (bicyclic) bond motifs is 1. The minimum atomic E-state index is -1.07. The Bertz CT molecular complexity index is 974. The highest BCUT2D eigenvalue weighted by Gasteiger charge is 2.31. The first-order valence-corrected chi connectivity index (χ1v) is 10.3. The number of aliphatic carboxylic acids is 1. The van der Waals surface area contributed by atoms with Crippen LogP contribution in [0.25, 0.3) is 16.3 Å². The number of carboxylic acid groups (broad SMARTS) is 1. The number of aryl methyl sites for hydroxylation is 2. The maximum atomic E-state index is 12.3. The van der Waals surface area contributed by atoms with E-state index in [1.807, 2.05) is 59.8 Å². The number of rotatable bonds is 6. The van der Waals surface area contributed by atoms with Gasteiger partial charge in [0.25, 0.3) is 0 Å². The second-order valence-corrected chi connectivity index (χ2v) is 9.04. The summed E-state index contributed by atoms with van der Waals surface area (Å²) in [6.45, 7) is 13.5. The normalized spacial score (nSPS) is 14.3. The Kier molecular flexibility index (Phi) is 7.31. The van der Waals surface area contributed by atoms with Gasteiger partial charge < -0.3 is 9.84 Å². The fourth-order valence-corrected chi connectivity index (χ4v) is 3.55. The predicted octanol–water partition coefficient (Wildman–Crippen LogP) is 7.20. The van der Waals surface area contributed by atoms with Gasteiger partial charge in [0.2, 0.25) is 0 Å². The highest BCUT2D eigenvalue weighted by molar-refractivity contribution is 6.29. The van der Waals surface area contributed by atoms with E-state index in [0.717, 1.165) is 33.9 Å². The third-order valence-electron chi connectivity index (χ3n) is 4.78. The summed E-state index contributed by atoms with van der Waals surface area (Å²) in [7, 11) is 0. The number of hydrogen-bond acceptors (Lipinski definition) is 2. The van der Waals surface area contributed by atoms with Crippen molar-refractivity contribution in [2.45, 2.75) is 66.6 Å². The molecule has 4 heteroatoms. The van der Waals surface area contributed by atoms with Crippen LogP contribution in [-0.4, -0.2) is 16.7 Å². The quantitative estimate of drug-likeness (QED) is 0.508. The Morgan fingerprint density at radius 3 is 2.38 bits per heavy atom. The molecule has 2 aromatic carbocycles. The second kappa shape index (κ2) is 9.15. The van der Waals surface area contributed by atoms with Crippen LogP contribution in [0.3, 0.4) is 0 Å². The fourth-order valence-electron chi connectivity index (χ4n) is 3.49. The maximum absolute atomic E-state index is 12.3. The Morgan fingerprint density at radius 2 is 1.86 bits per heavy atom. The Morgan fingerprint density at radius 1 is 1.21 bits per heavy atom. The summed E-state index contributed by atoms with van der Waals surface area (Å²) in [4.78, 5) is 12.3. The van der Waals surface area contributed by atoms with Crippen molar-refractivity contribution in [3.05, 3.63) is 63.7 Å². The number of carbonyl (C=O) groups is 1. The molecule has 1 unspecified atom stereocenters. The van der Waals surface area contributed by atoms with Crippen molar-refractivity contribution < 1.29 is 14.6 Å². The molecule has 2 rings (SSSR count). The van der Waals surface area contributed by atoms with Crippen LogP contribution in [-0.2, 0) is 16.0 Å². The molecule has 0 saturated carbocycles. The first-order valence-electron chi connectivity index (χ1n) is 9.92. The third-order valence-corrected chi connectivity index (χ3v) is 4.90. The van der Waals surface area contributed by atoms with Crippen molar-refractivity contribution in [2.75, 3.05) is 0 Å². The summed E-state index contributed by atoms with van der Waals surface area (Å²) in [5, 5.41) is 12.8. The van der Waals surface area contributed by atoms with E-state index in [0.29, 0.717) is 10.6 Å². The Hall–Kier alpha value is -2.10. The molecule has 29 heavy (non-hydrogen) atoms. The van der Waals surface area contributed by atoms with Crippen molar-refractivity contribution in [3.63, 3.8) is 0 Å². The van der Waals surface area contributed by atoms with Crippen molar-refractivity contribution in [1.82, 2.24) is 0 Å². The Balaban J connectivity index is 2.94. The molecule has 0 amide bonds. The molecule has 2 aromatic rings. The van der Waals surface area contributed by atoms with Crippen molar-refractivity contribution in [3.8, 4) is 0 Å². The minimum absolute atomic E-state index is 0.600. The average molecular weight is 415 g/mol. The molecular weight excluding hydrogens is 384 g/mol. The van der Waals surface area contributed by atoms with E-state index in [4.69, 9.17) is 16.3 Å². The van der Waals surface area contributed by atoms with E-state index >= 15 is 0 Å². The predicted molar refractivity (Wildman–Crippen MR) is 123 cm³/mol. The van der Waals surface area contributed by atoms with Crippen LogP contribution in [0.2, 0.25) is 0 Å². The largest absolute Gasteiger partial charge is 0.479 e. The standard InChI is InChI=1S/C25H31ClO3/c1-8-18-11-12-19-13-16(3)22(23(24(27)28)29-25(5,6)7)21(20(19)14-18)15(2)9-10-17(4)26/h9-14,23H,8H2,1-7H3,(H,27,28). The summed E-state index contributed by atoms with van der Waals surface area (Å²) in [6, 6.07) is 8.42. The van der Waals surface area contributed by atoms with E-state index in [1.165, 1.54) is 5.56 Å². The molecule has 0 aliphatic rings. The summed E-state index contributed by atoms with van der Waals surface area (Å²) >= 11 is 6.04. The minimum Gasteiger partial charge on any atom is -0.479 e. The van der Waals surface area contributed by atoms with E-state index in [-0.39, 0.29) is 0 Å². The fraction of sp³-hybridized carbons (Fsp3) is 0.400. The van der Waals surface area contributed by atoms with E-state index in [1.54, 1.807) is 0 Å². The van der Waals surface area contributed by atoms with Gasteiger partial charge >= 0.3 is 5.97 Å². The molecule has 0 aliphatic carbocycles. The molecular formula is C25H31ClO3. The molecule has 0 saturated heterocycles. The molecule has 0 heterocycles. The second-order valence-electron chi connectivity index (χ2n) is 8.44. The highest BCUT2D eigenvalue weighted by Crippen LogP contribution is 2.38. The van der Waals surface area contributed by atoms with Gasteiger partial charge in [-0.05, 0) is 87.1 Å². The van der Waals surface area contributed by atoms with Gasteiger partial charge in [-0.3, -0.25) is 0 Å². The summed E-state index contributed by atoms with van der Waals surface area (Å²) in [6.07, 6.45) is 3.61. The smallest absolute Gasteiger partial charge is 0.337 e. The van der Waals surface area contributed by atoms with Gasteiger partial charge in [-0.1, -0.05) is 48.9 Å². The van der Waals surface area contributed by atoms with Crippen LogP contribution < -0.4 is 0 Å². The number of allylic oxidation sites excluding steroid dienone is 4. The van der Waals surface area contributed by atoms with E-state index < -0.39 is 17.7 Å². The summed E-state index contributed by atoms with van der Waals surface area (Å²) < 4.78 is 6.02. The summed E-state index contributed by atoms with van der Waals surface area (Å²) in [5.41, 5.74) is 4.05. The van der Waals surface area contributed by atoms with Crippen LogP contribution in [0.15, 0.2) is 41.4 Å². The molecule has 0 aliphatic heterocycles. The number of ether oxygens (including phenoxy) is 1. The van der Waals surface area contributed by atoms with Gasteiger partial charge in [0.15, 0.2) is 6.10 Å². The SMILES string of the molecule is CCc1ccc2cc(C)c(C(OC(C)(C)C)C(=O)O)c(C(C)=CC=C(C)Cl)c2c1. The zero-order valence-electron chi connectivity index (χ0n) is 18.4. The van der Waals surface area contributed by atoms with Gasteiger partial charge in [-0.2, -0.15) is 0 Å². The van der Waals surface area contributed by atoms with Gasteiger partial charge in [0.1, 0.15) is 0 Å². The summed E-state index contributed by atoms with van der Waals surface area (Å²) in [5.74, 6) is -0.993. The van der Waals surface area contributed by atoms with Crippen LogP contribution in [0.1, 0.15) is 69.9 Å². The van der Waals surface area contributed by atoms with Crippen LogP contribution in [0.4, 0.5) is 0 Å². The third kappa shape index (κ3) is 5.71. The van der Waals surface area contributed by atoms with Gasteiger partial charge in [0.05, 0.1) is 5.60 Å². The topological polar surface area (TPSA) is 46.5 Å². The zero-order valence-corrected chi connectivity index (χ0v) is 19.1. The molecule has 3 nitrogen and oxygen atoms in total. The van der Waals surface area contributed by atoms with Crippen LogP contribution in [0, 0.1) is 6.92 Å². The van der Waals surface area contributed by atoms with Crippen LogP contribution in [0.5, 0.6) is 0 Å². The first kappa shape index (κ1) is 23.2. The molecule has 0 radical (unpaired) electrons. The number of halogens is 1. The van der Waals surface area contributed by atoms with Crippen molar-refractivity contribution in [2.24, 2.45) is 0 Å². The number of carboxylic acids is 1. The number of benzene rings is 2. The highest BCUT2D eigenvalue weighted by atomic mass is 35.5. The van der Waals surface area contributed by atoms with E-state index in [9.17, 15) is 9.90 Å². The molecule has 0 spiro atoms. The first-order chi connectivity index (χ1) is 13.4. The lowest BCUT2D eigenvalue weighted by atomic mass is 9.86. The molecule has 1 N–H and O–H groups in total. The van der Waals surface area contributed by atoms with Gasteiger partial charge in [0, 0.05) is 10.6 Å². The molecule has 156 valence electrons.